The Balaban J connectivity index is 1.44. The highest BCUT2D eigenvalue weighted by Gasteiger charge is 2.54. The number of carboxylic acids is 1. The number of hydrogen-bond acceptors (Lipinski definition) is 4. The van der Waals surface area contributed by atoms with Gasteiger partial charge in [-0.25, -0.2) is 4.79 Å². The monoisotopic (exact) mass is 592 g/mol. The molecule has 2 aliphatic heterocycles. The van der Waals surface area contributed by atoms with Gasteiger partial charge >= 0.3 is 5.97 Å². The molecule has 42 heavy (non-hydrogen) atoms. The lowest BCUT2D eigenvalue weighted by Gasteiger charge is -2.49. The number of rotatable bonds is 8. The van der Waals surface area contributed by atoms with Gasteiger partial charge in [0, 0.05) is 5.75 Å². The number of β-lactam (4-membered cyclic amide) rings is 1. The molecule has 0 unspecified atom stereocenters. The maximum Gasteiger partial charge on any atom is 0.352 e. The fraction of sp³-hybridized carbons (Fsp3) is 0.118. The molecule has 0 bridgehead atoms. The normalized spacial score (nSPS) is 18.1. The van der Waals surface area contributed by atoms with Crippen molar-refractivity contribution in [2.45, 2.75) is 17.8 Å². The predicted octanol–water partition coefficient (Wildman–Crippen LogP) is 3.76. The Morgan fingerprint density at radius 1 is 0.810 bits per heavy atom. The molecule has 1 saturated heterocycles. The molecule has 0 aromatic heterocycles. The lowest BCUT2D eigenvalue weighted by Crippen LogP contribution is -2.70. The lowest BCUT2D eigenvalue weighted by atomic mass is 10.0. The van der Waals surface area contributed by atoms with Crippen molar-refractivity contribution in [3.05, 3.63) is 138 Å². The minimum atomic E-state index is -2.48. The van der Waals surface area contributed by atoms with Crippen LogP contribution in [0.3, 0.4) is 0 Å². The number of thioether (sulfide) groups is 1. The maximum absolute atomic E-state index is 13.4. The molecular weight excluding hydrogens is 563 g/mol. The van der Waals surface area contributed by atoms with Crippen molar-refractivity contribution >= 4 is 58.1 Å². The molecule has 6 rings (SSSR count). The van der Waals surface area contributed by atoms with Gasteiger partial charge < -0.3 is 10.4 Å². The van der Waals surface area contributed by atoms with E-state index in [-0.39, 0.29) is 18.0 Å². The van der Waals surface area contributed by atoms with E-state index in [0.29, 0.717) is 11.3 Å². The third-order valence-electron chi connectivity index (χ3n) is 7.56. The third-order valence-corrected chi connectivity index (χ3v) is 12.9. The van der Waals surface area contributed by atoms with E-state index < -0.39 is 30.2 Å². The first-order valence-corrected chi connectivity index (χ1v) is 16.6. The second-order valence-electron chi connectivity index (χ2n) is 10.2. The van der Waals surface area contributed by atoms with Crippen molar-refractivity contribution in [1.29, 1.82) is 0 Å². The number of hydrogen-bond donors (Lipinski definition) is 2. The SMILES string of the molecule is O=C(Cc1ccccc1)N[C@@H]1C(=O)N2C(C(=O)O)=C(C=P(c3ccccc3)(c3ccccc3)c3ccccc3)CS[C@@H]12. The summed E-state index contributed by atoms with van der Waals surface area (Å²) in [4.78, 5) is 40.3. The van der Waals surface area contributed by atoms with Crippen molar-refractivity contribution < 1.29 is 19.5 Å². The fourth-order valence-corrected chi connectivity index (χ4v) is 11.0. The molecule has 2 aliphatic rings. The summed E-state index contributed by atoms with van der Waals surface area (Å²) in [5, 5.41) is 16.1. The third kappa shape index (κ3) is 5.11. The van der Waals surface area contributed by atoms with E-state index in [1.54, 1.807) is 0 Å². The molecular formula is C34H29N2O4PS. The Hall–Kier alpha value is -4.32. The zero-order valence-electron chi connectivity index (χ0n) is 22.7. The largest absolute Gasteiger partial charge is 0.477 e. The van der Waals surface area contributed by atoms with Gasteiger partial charge in [0.2, 0.25) is 5.91 Å². The van der Waals surface area contributed by atoms with Gasteiger partial charge in [0.1, 0.15) is 17.1 Å². The molecule has 4 aromatic carbocycles. The molecule has 8 heteroatoms. The fourth-order valence-electron chi connectivity index (χ4n) is 5.64. The number of nitrogens with one attached hydrogen (secondary N) is 1. The number of carboxylic acid groups (broad SMARTS) is 1. The van der Waals surface area contributed by atoms with Crippen molar-refractivity contribution in [2.24, 2.45) is 0 Å². The van der Waals surface area contributed by atoms with E-state index in [2.05, 4.69) is 47.5 Å². The first-order valence-electron chi connectivity index (χ1n) is 13.6. The van der Waals surface area contributed by atoms with Crippen LogP contribution < -0.4 is 21.2 Å². The van der Waals surface area contributed by atoms with Crippen LogP contribution in [-0.2, 0) is 20.8 Å². The van der Waals surface area contributed by atoms with Gasteiger partial charge in [-0.3, -0.25) is 14.5 Å². The van der Waals surface area contributed by atoms with Crippen molar-refractivity contribution in [1.82, 2.24) is 10.2 Å². The van der Waals surface area contributed by atoms with Crippen molar-refractivity contribution in [3.8, 4) is 0 Å². The second kappa shape index (κ2) is 11.9. The zero-order chi connectivity index (χ0) is 29.1. The Morgan fingerprint density at radius 2 is 1.29 bits per heavy atom. The zero-order valence-corrected chi connectivity index (χ0v) is 24.4. The van der Waals surface area contributed by atoms with Gasteiger partial charge in [-0.1, -0.05) is 121 Å². The average Bonchev–Trinajstić information content (AvgIpc) is 3.03. The predicted molar refractivity (Wildman–Crippen MR) is 171 cm³/mol. The quantitative estimate of drug-likeness (QED) is 0.241. The molecule has 2 atom stereocenters. The van der Waals surface area contributed by atoms with E-state index in [9.17, 15) is 19.5 Å². The van der Waals surface area contributed by atoms with Crippen LogP contribution in [0.2, 0.25) is 0 Å². The molecule has 0 radical (unpaired) electrons. The van der Waals surface area contributed by atoms with Gasteiger partial charge in [0.25, 0.3) is 5.91 Å². The lowest BCUT2D eigenvalue weighted by molar-refractivity contribution is -0.150. The minimum Gasteiger partial charge on any atom is -0.477 e. The summed E-state index contributed by atoms with van der Waals surface area (Å²) >= 11 is 1.48. The highest BCUT2D eigenvalue weighted by Crippen LogP contribution is 2.47. The molecule has 2 amide bonds. The van der Waals surface area contributed by atoms with Crippen molar-refractivity contribution in [2.75, 3.05) is 5.75 Å². The molecule has 0 aliphatic carbocycles. The molecule has 6 nitrogen and oxygen atoms in total. The van der Waals surface area contributed by atoms with E-state index in [1.807, 2.05) is 84.9 Å². The van der Waals surface area contributed by atoms with Crippen LogP contribution in [0.5, 0.6) is 0 Å². The Kier molecular flexibility index (Phi) is 7.88. The summed E-state index contributed by atoms with van der Waals surface area (Å²) < 4.78 is 0. The first-order chi connectivity index (χ1) is 20.5. The number of amides is 2. The highest BCUT2D eigenvalue weighted by molar-refractivity contribution is 8.00. The van der Waals surface area contributed by atoms with Crippen LogP contribution in [0, 0.1) is 0 Å². The topological polar surface area (TPSA) is 86.7 Å². The van der Waals surface area contributed by atoms with Crippen LogP contribution in [-0.4, -0.2) is 50.8 Å². The van der Waals surface area contributed by atoms with E-state index in [4.69, 9.17) is 0 Å². The number of carbonyl (C=O) groups excluding carboxylic acids is 2. The van der Waals surface area contributed by atoms with Crippen molar-refractivity contribution in [3.63, 3.8) is 0 Å². The average molecular weight is 593 g/mol. The van der Waals surface area contributed by atoms with E-state index in [1.165, 1.54) is 16.7 Å². The summed E-state index contributed by atoms with van der Waals surface area (Å²) in [6.07, 6.45) is 0.154. The van der Waals surface area contributed by atoms with Gasteiger partial charge in [0.05, 0.1) is 6.42 Å². The minimum absolute atomic E-state index is 0.00974. The number of carbonyl (C=O) groups is 3. The number of aliphatic carboxylic acids is 1. The summed E-state index contributed by atoms with van der Waals surface area (Å²) in [5.74, 6) is 0.699. The molecule has 1 fully saturated rings. The smallest absolute Gasteiger partial charge is 0.352 e. The van der Waals surface area contributed by atoms with Crippen LogP contribution in [0.1, 0.15) is 5.56 Å². The van der Waals surface area contributed by atoms with Gasteiger partial charge in [-0.15, -0.1) is 11.8 Å². The summed E-state index contributed by atoms with van der Waals surface area (Å²) in [5.41, 5.74) is 1.45. The first kappa shape index (κ1) is 27.8. The molecule has 2 N–H and O–H groups in total. The van der Waals surface area contributed by atoms with E-state index in [0.717, 1.165) is 21.5 Å². The number of benzene rings is 4. The second-order valence-corrected chi connectivity index (χ2v) is 14.5. The molecule has 0 saturated carbocycles. The number of nitrogens with zero attached hydrogens (tertiary/aromatic N) is 1. The Morgan fingerprint density at radius 3 is 1.76 bits per heavy atom. The van der Waals surface area contributed by atoms with Gasteiger partial charge in [-0.05, 0) is 39.7 Å². The number of fused-ring (bicyclic) bond motifs is 1. The van der Waals surface area contributed by atoms with Gasteiger partial charge in [-0.2, -0.15) is 0 Å². The Bertz CT molecular complexity index is 1610. The molecule has 210 valence electrons. The van der Waals surface area contributed by atoms with E-state index >= 15 is 0 Å². The van der Waals surface area contributed by atoms with Crippen LogP contribution in [0.25, 0.3) is 0 Å². The molecule has 0 spiro atoms. The standard InChI is InChI=1S/C34H29N2O4PS/c37-29(21-24-13-5-1-6-14-24)35-30-32(38)36-31(34(39)40)25(23-42-33(30)36)22-41(26-15-7-2-8-16-26,27-17-9-3-10-18-27)28-19-11-4-12-20-28/h1-20,22,30,33H,21,23H2,(H,35,37)(H,39,40)/t30-,33+/m1/s1. The van der Waals surface area contributed by atoms with Crippen LogP contribution >= 0.6 is 18.6 Å². The Labute approximate surface area is 249 Å². The highest BCUT2D eigenvalue weighted by atomic mass is 32.2. The maximum atomic E-state index is 13.4. The van der Waals surface area contributed by atoms with Gasteiger partial charge in [0.15, 0.2) is 0 Å². The summed E-state index contributed by atoms with van der Waals surface area (Å²) in [6, 6.07) is 39.1. The summed E-state index contributed by atoms with van der Waals surface area (Å²) in [6.45, 7) is -2.48. The molecule has 4 aromatic rings. The summed E-state index contributed by atoms with van der Waals surface area (Å²) in [7, 11) is 0. The van der Waals surface area contributed by atoms with Crippen LogP contribution in [0.4, 0.5) is 0 Å². The van der Waals surface area contributed by atoms with Crippen LogP contribution in [0.15, 0.2) is 133 Å². The molecule has 2 heterocycles.